The first kappa shape index (κ1) is 20.5. The van der Waals surface area contributed by atoms with E-state index in [0.29, 0.717) is 28.9 Å². The van der Waals surface area contributed by atoms with Gasteiger partial charge in [-0.05, 0) is 61.9 Å². The number of rotatable bonds is 6. The molecule has 0 radical (unpaired) electrons. The van der Waals surface area contributed by atoms with Crippen molar-refractivity contribution in [1.82, 2.24) is 4.90 Å². The summed E-state index contributed by atoms with van der Waals surface area (Å²) < 4.78 is 20.5. The summed E-state index contributed by atoms with van der Waals surface area (Å²) in [6, 6.07) is 8.16. The Labute approximate surface area is 179 Å². The Hall–Kier alpha value is -1.82. The minimum absolute atomic E-state index is 0.0995. The molecule has 29 heavy (non-hydrogen) atoms. The van der Waals surface area contributed by atoms with Crippen LogP contribution in [-0.4, -0.2) is 35.2 Å². The lowest BCUT2D eigenvalue weighted by Crippen LogP contribution is -2.40. The minimum atomic E-state index is -1.25. The monoisotopic (exact) mass is 437 g/mol. The molecule has 0 amide bonds. The van der Waals surface area contributed by atoms with Crippen molar-refractivity contribution in [2.75, 3.05) is 13.1 Å². The molecule has 0 bridgehead atoms. The zero-order valence-electron chi connectivity index (χ0n) is 15.8. The van der Waals surface area contributed by atoms with Gasteiger partial charge in [-0.2, -0.15) is 0 Å². The van der Waals surface area contributed by atoms with Gasteiger partial charge in [0.2, 0.25) is 0 Å². The van der Waals surface area contributed by atoms with E-state index < -0.39 is 11.8 Å². The molecule has 1 N–H and O–H groups in total. The van der Waals surface area contributed by atoms with Crippen LogP contribution >= 0.6 is 23.2 Å². The maximum atomic E-state index is 14.3. The zero-order chi connectivity index (χ0) is 20.5. The van der Waals surface area contributed by atoms with Gasteiger partial charge in [-0.3, -0.25) is 4.90 Å². The largest absolute Gasteiger partial charge is 0.489 e. The summed E-state index contributed by atoms with van der Waals surface area (Å²) in [6.07, 6.45) is 3.66. The zero-order valence-corrected chi connectivity index (χ0v) is 17.3. The Morgan fingerprint density at radius 1 is 1.21 bits per heavy atom. The Morgan fingerprint density at radius 3 is 2.59 bits per heavy atom. The van der Waals surface area contributed by atoms with Gasteiger partial charge in [0.25, 0.3) is 0 Å². The predicted octanol–water partition coefficient (Wildman–Crippen LogP) is 5.75. The fourth-order valence-electron chi connectivity index (χ4n) is 3.89. The number of nitrogens with zero attached hydrogens (tertiary/aromatic N) is 1. The highest BCUT2D eigenvalue weighted by Gasteiger charge is 2.31. The molecule has 1 saturated heterocycles. The average molecular weight is 438 g/mol. The van der Waals surface area contributed by atoms with Crippen molar-refractivity contribution in [3.63, 3.8) is 0 Å². The molecule has 1 heterocycles. The van der Waals surface area contributed by atoms with Crippen LogP contribution in [0, 0.1) is 5.82 Å². The molecule has 2 aliphatic rings. The fraction of sp³-hybridized carbons (Fsp3) is 0.409. The average Bonchev–Trinajstić information content (AvgIpc) is 3.50. The van der Waals surface area contributed by atoms with Crippen molar-refractivity contribution < 1.29 is 19.0 Å². The van der Waals surface area contributed by atoms with E-state index in [1.54, 1.807) is 0 Å². The molecule has 2 fully saturated rings. The molecule has 154 valence electrons. The van der Waals surface area contributed by atoms with Crippen LogP contribution in [0.5, 0.6) is 5.75 Å². The number of piperidine rings is 1. The number of ether oxygens (including phenoxy) is 1. The molecule has 1 atom stereocenters. The topological polar surface area (TPSA) is 49.8 Å². The van der Waals surface area contributed by atoms with E-state index in [2.05, 4.69) is 4.90 Å². The fourth-order valence-corrected chi connectivity index (χ4v) is 4.41. The number of halogens is 3. The normalized spacial score (nSPS) is 19.9. The molecule has 7 heteroatoms. The summed E-state index contributed by atoms with van der Waals surface area (Å²) in [4.78, 5) is 13.5. The summed E-state index contributed by atoms with van der Waals surface area (Å²) in [5, 5.41) is 10.5. The number of benzene rings is 2. The van der Waals surface area contributed by atoms with Crippen molar-refractivity contribution in [2.24, 2.45) is 0 Å². The lowest BCUT2D eigenvalue weighted by Gasteiger charge is -2.33. The minimum Gasteiger partial charge on any atom is -0.489 e. The first-order chi connectivity index (χ1) is 13.9. The van der Waals surface area contributed by atoms with Crippen LogP contribution in [-0.2, 0) is 6.54 Å². The molecule has 0 unspecified atom stereocenters. The molecule has 0 spiro atoms. The van der Waals surface area contributed by atoms with Gasteiger partial charge >= 0.3 is 5.97 Å². The third-order valence-corrected chi connectivity index (χ3v) is 6.25. The van der Waals surface area contributed by atoms with Crippen molar-refractivity contribution in [1.29, 1.82) is 0 Å². The summed E-state index contributed by atoms with van der Waals surface area (Å²) in [7, 11) is 0. The number of carbonyl (C=O) groups is 1. The van der Waals surface area contributed by atoms with Crippen molar-refractivity contribution in [2.45, 2.75) is 44.2 Å². The van der Waals surface area contributed by atoms with Crippen LogP contribution in [0.4, 0.5) is 4.39 Å². The molecule has 4 rings (SSSR count). The van der Waals surface area contributed by atoms with Crippen LogP contribution in [0.15, 0.2) is 30.3 Å². The summed E-state index contributed by atoms with van der Waals surface area (Å²) in [6.45, 7) is 2.21. The van der Waals surface area contributed by atoms with Crippen LogP contribution in [0.25, 0.3) is 0 Å². The van der Waals surface area contributed by atoms with Crippen LogP contribution in [0.3, 0.4) is 0 Å². The smallest absolute Gasteiger partial charge is 0.338 e. The van der Waals surface area contributed by atoms with E-state index in [0.717, 1.165) is 43.4 Å². The summed E-state index contributed by atoms with van der Waals surface area (Å²) >= 11 is 12.6. The second kappa shape index (κ2) is 8.50. The number of carboxylic acid groups (broad SMARTS) is 1. The summed E-state index contributed by atoms with van der Waals surface area (Å²) in [5.41, 5.74) is 1.40. The van der Waals surface area contributed by atoms with E-state index in [-0.39, 0.29) is 17.6 Å². The third-order valence-electron chi connectivity index (χ3n) is 5.55. The van der Waals surface area contributed by atoms with Crippen LogP contribution in [0.2, 0.25) is 10.0 Å². The molecule has 2 aromatic carbocycles. The summed E-state index contributed by atoms with van der Waals surface area (Å²) in [5.74, 6) is -1.29. The van der Waals surface area contributed by atoms with Gasteiger partial charge in [0.1, 0.15) is 17.7 Å². The highest BCUT2D eigenvalue weighted by Crippen LogP contribution is 2.45. The molecule has 0 aromatic heterocycles. The molecule has 1 aliphatic heterocycles. The van der Waals surface area contributed by atoms with Gasteiger partial charge in [-0.15, -0.1) is 0 Å². The van der Waals surface area contributed by atoms with E-state index >= 15 is 0 Å². The van der Waals surface area contributed by atoms with Gasteiger partial charge in [0.05, 0.1) is 5.56 Å². The van der Waals surface area contributed by atoms with Crippen molar-refractivity contribution >= 4 is 29.2 Å². The standard InChI is InChI=1S/C22H22Cl2FNO3/c23-18-4-1-5-19(24)17(18)12-26-8-2-3-14(11-26)29-21-10-20(25)16(22(27)28)9-15(21)13-6-7-13/h1,4-5,9-10,13-14H,2-3,6-8,11-12H2,(H,27,28)/t14-/m1/s1. The predicted molar refractivity (Wildman–Crippen MR) is 111 cm³/mol. The third kappa shape index (κ3) is 4.68. The number of aromatic carboxylic acids is 1. The van der Waals surface area contributed by atoms with E-state index in [9.17, 15) is 14.3 Å². The van der Waals surface area contributed by atoms with Gasteiger partial charge < -0.3 is 9.84 Å². The number of carboxylic acids is 1. The van der Waals surface area contributed by atoms with E-state index in [1.165, 1.54) is 12.1 Å². The Bertz CT molecular complexity index is 912. The number of hydrogen-bond donors (Lipinski definition) is 1. The lowest BCUT2D eigenvalue weighted by atomic mass is 10.0. The molecule has 2 aromatic rings. The Balaban J connectivity index is 1.50. The molecular formula is C22H22Cl2FNO3. The molecular weight excluding hydrogens is 416 g/mol. The van der Waals surface area contributed by atoms with Gasteiger partial charge in [0, 0.05) is 34.8 Å². The van der Waals surface area contributed by atoms with Gasteiger partial charge in [-0.1, -0.05) is 29.3 Å². The van der Waals surface area contributed by atoms with Gasteiger partial charge in [-0.25, -0.2) is 9.18 Å². The van der Waals surface area contributed by atoms with E-state index in [4.69, 9.17) is 27.9 Å². The SMILES string of the molecule is O=C(O)c1cc(C2CC2)c(O[C@@H]2CCCN(Cc3c(Cl)cccc3Cl)C2)cc1F. The maximum absolute atomic E-state index is 14.3. The molecule has 1 saturated carbocycles. The Morgan fingerprint density at radius 2 is 1.93 bits per heavy atom. The van der Waals surface area contributed by atoms with Crippen molar-refractivity contribution in [3.8, 4) is 5.75 Å². The first-order valence-corrected chi connectivity index (χ1v) is 10.6. The van der Waals surface area contributed by atoms with Crippen molar-refractivity contribution in [3.05, 3.63) is 62.9 Å². The Kier molecular flexibility index (Phi) is 6.00. The second-order valence-corrected chi connectivity index (χ2v) is 8.58. The quantitative estimate of drug-likeness (QED) is 0.624. The molecule has 4 nitrogen and oxygen atoms in total. The van der Waals surface area contributed by atoms with Gasteiger partial charge in [0.15, 0.2) is 0 Å². The van der Waals surface area contributed by atoms with E-state index in [1.807, 2.05) is 18.2 Å². The first-order valence-electron chi connectivity index (χ1n) is 9.81. The lowest BCUT2D eigenvalue weighted by molar-refractivity contribution is 0.0690. The highest BCUT2D eigenvalue weighted by atomic mass is 35.5. The maximum Gasteiger partial charge on any atom is 0.338 e. The highest BCUT2D eigenvalue weighted by molar-refractivity contribution is 6.35. The molecule has 1 aliphatic carbocycles. The second-order valence-electron chi connectivity index (χ2n) is 7.77. The number of hydrogen-bond acceptors (Lipinski definition) is 3. The van der Waals surface area contributed by atoms with Crippen LogP contribution in [0.1, 0.15) is 53.1 Å². The van der Waals surface area contributed by atoms with Crippen LogP contribution < -0.4 is 4.74 Å². The number of likely N-dealkylation sites (tertiary alicyclic amines) is 1.